The molecule has 0 rings (SSSR count). The van der Waals surface area contributed by atoms with E-state index in [4.69, 9.17) is 13.8 Å². The summed E-state index contributed by atoms with van der Waals surface area (Å²) in [4.78, 5) is 33.3. The number of rotatable bonds is 29. The van der Waals surface area contributed by atoms with E-state index in [2.05, 4.69) is 79.9 Å². The Bertz CT molecular complexity index is 971. The summed E-state index contributed by atoms with van der Waals surface area (Å²) in [7, 11) is -4.42. The monoisotopic (exact) mass is 651 g/mol. The van der Waals surface area contributed by atoms with Crippen molar-refractivity contribution in [1.82, 2.24) is 5.32 Å². The Morgan fingerprint density at radius 2 is 1.24 bits per heavy atom. The Labute approximate surface area is 271 Å². The lowest BCUT2D eigenvalue weighted by molar-refractivity contribution is -0.147. The minimum absolute atomic E-state index is 0.0366. The quantitative estimate of drug-likeness (QED) is 0.0321. The number of phosphoric ester groups is 1. The van der Waals surface area contributed by atoms with Crippen LogP contribution in [0.1, 0.15) is 104 Å². The third-order valence-corrected chi connectivity index (χ3v) is 7.15. The zero-order chi connectivity index (χ0) is 33.3. The first kappa shape index (κ1) is 42.5. The number of phosphoric acid groups is 1. The van der Waals surface area contributed by atoms with Gasteiger partial charge in [0, 0.05) is 19.4 Å². The van der Waals surface area contributed by atoms with Crippen LogP contribution in [0.3, 0.4) is 0 Å². The van der Waals surface area contributed by atoms with Crippen LogP contribution in [0, 0.1) is 0 Å². The summed E-state index contributed by atoms with van der Waals surface area (Å²) >= 11 is 0. The van der Waals surface area contributed by atoms with Crippen molar-refractivity contribution in [2.75, 3.05) is 26.4 Å². The highest BCUT2D eigenvalue weighted by atomic mass is 31.2. The van der Waals surface area contributed by atoms with Crippen molar-refractivity contribution in [3.63, 3.8) is 0 Å². The van der Waals surface area contributed by atoms with Gasteiger partial charge in [0.05, 0.1) is 13.2 Å². The Kier molecular flexibility index (Phi) is 29.7. The van der Waals surface area contributed by atoms with Crippen molar-refractivity contribution in [2.24, 2.45) is 0 Å². The van der Waals surface area contributed by atoms with Gasteiger partial charge in [-0.15, -0.1) is 0 Å². The summed E-state index contributed by atoms with van der Waals surface area (Å²) in [6, 6.07) is 0. The number of esters is 1. The molecule has 0 aliphatic heterocycles. The van der Waals surface area contributed by atoms with Crippen LogP contribution in [-0.4, -0.2) is 54.3 Å². The SMILES string of the molecule is CC/C=C\C/C=C\C/C=C\C/C=C\C/C=C\C/C=C\CCC(=O)NCCOP(=O)(O)OCC(O)COC(=O)CCCCCCC. The first-order valence-electron chi connectivity index (χ1n) is 16.4. The Hall–Kier alpha value is -2.55. The number of aliphatic hydroxyl groups is 1. The topological polar surface area (TPSA) is 131 Å². The lowest BCUT2D eigenvalue weighted by Gasteiger charge is -2.15. The van der Waals surface area contributed by atoms with E-state index < -0.39 is 26.5 Å². The molecule has 1 amide bonds. The molecule has 0 saturated heterocycles. The van der Waals surface area contributed by atoms with Crippen LogP contribution >= 0.6 is 7.82 Å². The maximum atomic E-state index is 11.9. The number of aliphatic hydroxyl groups excluding tert-OH is 1. The fourth-order valence-electron chi connectivity index (χ4n) is 3.69. The molecular formula is C35H58NO8P. The van der Waals surface area contributed by atoms with Gasteiger partial charge in [-0.2, -0.15) is 0 Å². The van der Waals surface area contributed by atoms with Crippen LogP contribution in [0.25, 0.3) is 0 Å². The molecule has 0 saturated carbocycles. The third-order valence-electron chi connectivity index (χ3n) is 6.16. The van der Waals surface area contributed by atoms with E-state index in [-0.39, 0.29) is 32.1 Å². The molecule has 0 aromatic carbocycles. The van der Waals surface area contributed by atoms with Crippen molar-refractivity contribution >= 4 is 19.7 Å². The summed E-state index contributed by atoms with van der Waals surface area (Å²) < 4.78 is 26.4. The zero-order valence-corrected chi connectivity index (χ0v) is 28.4. The number of unbranched alkanes of at least 4 members (excludes halogenated alkanes) is 4. The second-order valence-corrected chi connectivity index (χ2v) is 11.9. The summed E-state index contributed by atoms with van der Waals surface area (Å²) in [5.74, 6) is -0.625. The van der Waals surface area contributed by atoms with Gasteiger partial charge in [0.2, 0.25) is 5.91 Å². The van der Waals surface area contributed by atoms with Crippen LogP contribution in [0.15, 0.2) is 72.9 Å². The van der Waals surface area contributed by atoms with Gasteiger partial charge in [0.25, 0.3) is 0 Å². The molecule has 2 unspecified atom stereocenters. The maximum Gasteiger partial charge on any atom is 0.472 e. The van der Waals surface area contributed by atoms with E-state index in [1.807, 2.05) is 12.2 Å². The van der Waals surface area contributed by atoms with Gasteiger partial charge in [-0.1, -0.05) is 112 Å². The van der Waals surface area contributed by atoms with E-state index in [0.29, 0.717) is 12.8 Å². The largest absolute Gasteiger partial charge is 0.472 e. The Morgan fingerprint density at radius 3 is 1.80 bits per heavy atom. The molecule has 45 heavy (non-hydrogen) atoms. The second kappa shape index (κ2) is 31.4. The minimum atomic E-state index is -4.42. The zero-order valence-electron chi connectivity index (χ0n) is 27.5. The molecule has 0 aliphatic rings. The predicted octanol–water partition coefficient (Wildman–Crippen LogP) is 7.98. The van der Waals surface area contributed by atoms with E-state index in [9.17, 15) is 24.2 Å². The number of ether oxygens (including phenoxy) is 1. The second-order valence-electron chi connectivity index (χ2n) is 10.4. The van der Waals surface area contributed by atoms with Crippen LogP contribution in [0.2, 0.25) is 0 Å². The highest BCUT2D eigenvalue weighted by Gasteiger charge is 2.23. The molecule has 10 heteroatoms. The molecular weight excluding hydrogens is 593 g/mol. The van der Waals surface area contributed by atoms with Crippen molar-refractivity contribution < 1.29 is 37.9 Å². The van der Waals surface area contributed by atoms with Gasteiger partial charge in [-0.25, -0.2) is 4.57 Å². The average Bonchev–Trinajstić information content (AvgIpc) is 3.02. The van der Waals surface area contributed by atoms with Gasteiger partial charge in [-0.05, 0) is 51.4 Å². The fraction of sp³-hybridized carbons (Fsp3) is 0.600. The molecule has 9 nitrogen and oxygen atoms in total. The van der Waals surface area contributed by atoms with Gasteiger partial charge >= 0.3 is 13.8 Å². The van der Waals surface area contributed by atoms with Crippen molar-refractivity contribution in [2.45, 2.75) is 110 Å². The number of hydrogen-bond acceptors (Lipinski definition) is 7. The maximum absolute atomic E-state index is 11.9. The molecule has 0 aromatic rings. The van der Waals surface area contributed by atoms with Crippen LogP contribution < -0.4 is 5.32 Å². The standard InChI is InChI=1S/C35H58NO8P/c1-3-5-7-9-10-11-12-13-14-15-16-17-18-19-20-21-22-24-25-27-34(38)36-29-30-43-45(40,41)44-32-33(37)31-42-35(39)28-26-23-8-6-4-2/h5,7,10-11,13-14,16-17,19-20,22,24,33,37H,3-4,6,8-9,12,15,18,21,23,25-32H2,1-2H3,(H,36,38)(H,40,41)/b7-5-,11-10-,14-13-,17-16-,20-19-,24-22-. The van der Waals surface area contributed by atoms with E-state index in [1.165, 1.54) is 0 Å². The molecule has 256 valence electrons. The number of nitrogens with one attached hydrogen (secondary N) is 1. The van der Waals surface area contributed by atoms with Crippen molar-refractivity contribution in [3.8, 4) is 0 Å². The Morgan fingerprint density at radius 1 is 0.711 bits per heavy atom. The van der Waals surface area contributed by atoms with Gasteiger partial charge in [0.1, 0.15) is 12.7 Å². The average molecular weight is 652 g/mol. The smallest absolute Gasteiger partial charge is 0.463 e. The highest BCUT2D eigenvalue weighted by molar-refractivity contribution is 7.47. The van der Waals surface area contributed by atoms with Crippen LogP contribution in [-0.2, 0) is 27.9 Å². The summed E-state index contributed by atoms with van der Waals surface area (Å²) in [5.41, 5.74) is 0. The molecule has 2 atom stereocenters. The molecule has 0 radical (unpaired) electrons. The normalized spacial score (nSPS) is 14.5. The molecule has 0 spiro atoms. The lowest BCUT2D eigenvalue weighted by atomic mass is 10.1. The van der Waals surface area contributed by atoms with Gasteiger partial charge in [0.15, 0.2) is 0 Å². The van der Waals surface area contributed by atoms with Gasteiger partial charge < -0.3 is 20.1 Å². The highest BCUT2D eigenvalue weighted by Crippen LogP contribution is 2.42. The lowest BCUT2D eigenvalue weighted by Crippen LogP contribution is -2.27. The molecule has 0 fully saturated rings. The third kappa shape index (κ3) is 32.6. The number of carbonyl (C=O) groups is 2. The first-order valence-corrected chi connectivity index (χ1v) is 17.9. The number of carbonyl (C=O) groups excluding carboxylic acids is 2. The number of hydrogen-bond donors (Lipinski definition) is 3. The van der Waals surface area contributed by atoms with Crippen LogP contribution in [0.4, 0.5) is 0 Å². The molecule has 0 bridgehead atoms. The van der Waals surface area contributed by atoms with E-state index in [0.717, 1.165) is 70.6 Å². The van der Waals surface area contributed by atoms with Crippen molar-refractivity contribution in [3.05, 3.63) is 72.9 Å². The number of allylic oxidation sites excluding steroid dienone is 12. The summed E-state index contributed by atoms with van der Waals surface area (Å²) in [5, 5.41) is 12.5. The fourth-order valence-corrected chi connectivity index (χ4v) is 4.45. The van der Waals surface area contributed by atoms with Gasteiger partial charge in [-0.3, -0.25) is 18.6 Å². The molecule has 0 aliphatic carbocycles. The molecule has 3 N–H and O–H groups in total. The predicted molar refractivity (Wildman–Crippen MR) is 183 cm³/mol. The minimum Gasteiger partial charge on any atom is -0.463 e. The molecule has 0 heterocycles. The van der Waals surface area contributed by atoms with E-state index in [1.54, 1.807) is 0 Å². The van der Waals surface area contributed by atoms with E-state index >= 15 is 0 Å². The Balaban J connectivity index is 3.79. The first-order chi connectivity index (χ1) is 21.8. The van der Waals surface area contributed by atoms with Crippen LogP contribution in [0.5, 0.6) is 0 Å². The summed E-state index contributed by atoms with van der Waals surface area (Å²) in [6.07, 6.45) is 36.1. The summed E-state index contributed by atoms with van der Waals surface area (Å²) in [6.45, 7) is 3.19. The van der Waals surface area contributed by atoms with Crippen molar-refractivity contribution in [1.29, 1.82) is 0 Å². The molecule has 0 aromatic heterocycles. The number of amides is 1.